The number of amides is 3. The predicted octanol–water partition coefficient (Wildman–Crippen LogP) is -3.69. The van der Waals surface area contributed by atoms with Crippen LogP contribution in [-0.2, 0) is 30.4 Å². The highest BCUT2D eigenvalue weighted by atomic mass is 16.4. The lowest BCUT2D eigenvalue weighted by Crippen LogP contribution is -2.57. The largest absolute Gasteiger partial charge is 0.481 e. The smallest absolute Gasteiger partial charge is 0.328 e. The summed E-state index contributed by atoms with van der Waals surface area (Å²) < 4.78 is 0. The molecule has 3 unspecified atom stereocenters. The summed E-state index contributed by atoms with van der Waals surface area (Å²) in [7, 11) is 0. The maximum absolute atomic E-state index is 12.6. The zero-order chi connectivity index (χ0) is 22.7. The first-order chi connectivity index (χ1) is 14.2. The van der Waals surface area contributed by atoms with Crippen LogP contribution >= 0.6 is 0 Å². The number of nitrogens with two attached hydrogens (primary N) is 1. The van der Waals surface area contributed by atoms with Crippen molar-refractivity contribution in [3.8, 4) is 0 Å². The Hall–Kier alpha value is -3.52. The van der Waals surface area contributed by atoms with Crippen molar-refractivity contribution >= 4 is 29.7 Å². The first-order valence-corrected chi connectivity index (χ1v) is 8.80. The molecule has 0 saturated carbocycles. The van der Waals surface area contributed by atoms with Crippen LogP contribution in [0.2, 0.25) is 0 Å². The summed E-state index contributed by atoms with van der Waals surface area (Å²) in [5.41, 5.74) is 5.63. The summed E-state index contributed by atoms with van der Waals surface area (Å²) in [6.07, 6.45) is 1.89. The number of carbonyl (C=O) groups is 5. The Morgan fingerprint density at radius 1 is 1.03 bits per heavy atom. The minimum absolute atomic E-state index is 0.119. The second-order valence-corrected chi connectivity index (χ2v) is 6.18. The second kappa shape index (κ2) is 12.1. The van der Waals surface area contributed by atoms with E-state index in [0.29, 0.717) is 5.69 Å². The standard InChI is InChI=1S/C16H24N6O8/c17-4-12(24)20-9(1-2-13(25)26)14(27)21-10(3-8-5-18-7-19-8)15(28)22-11(6-23)16(29)30/h5,7,9-11,23H,1-4,6,17H2,(H,18,19)(H,20,24)(H,21,27)(H,22,28)(H,25,26)(H,29,30). The van der Waals surface area contributed by atoms with E-state index < -0.39 is 67.4 Å². The summed E-state index contributed by atoms with van der Waals surface area (Å²) in [4.78, 5) is 65.0. The maximum atomic E-state index is 12.6. The third kappa shape index (κ3) is 8.24. The van der Waals surface area contributed by atoms with Gasteiger partial charge in [-0.25, -0.2) is 9.78 Å². The number of carboxylic acid groups (broad SMARTS) is 2. The Labute approximate surface area is 170 Å². The van der Waals surface area contributed by atoms with Crippen LogP contribution in [0.4, 0.5) is 0 Å². The highest BCUT2D eigenvalue weighted by molar-refractivity contribution is 5.93. The molecule has 14 heteroatoms. The molecule has 0 fully saturated rings. The van der Waals surface area contributed by atoms with E-state index in [4.69, 9.17) is 21.1 Å². The zero-order valence-electron chi connectivity index (χ0n) is 15.8. The highest BCUT2D eigenvalue weighted by Gasteiger charge is 2.30. The average molecular weight is 428 g/mol. The van der Waals surface area contributed by atoms with Crippen molar-refractivity contribution in [2.75, 3.05) is 13.2 Å². The number of aliphatic carboxylic acids is 2. The number of rotatable bonds is 13. The molecule has 30 heavy (non-hydrogen) atoms. The fourth-order valence-corrected chi connectivity index (χ4v) is 2.35. The third-order valence-electron chi connectivity index (χ3n) is 3.89. The van der Waals surface area contributed by atoms with Gasteiger partial charge < -0.3 is 42.0 Å². The molecule has 0 aromatic carbocycles. The number of aromatic amines is 1. The number of aliphatic hydroxyl groups excluding tert-OH is 1. The molecule has 3 amide bonds. The molecular weight excluding hydrogens is 404 g/mol. The molecule has 1 heterocycles. The molecule has 0 saturated heterocycles. The Balaban J connectivity index is 2.98. The van der Waals surface area contributed by atoms with Crippen molar-refractivity contribution in [1.82, 2.24) is 25.9 Å². The number of aliphatic hydroxyl groups is 1. The molecule has 1 aromatic rings. The fourth-order valence-electron chi connectivity index (χ4n) is 2.35. The van der Waals surface area contributed by atoms with Gasteiger partial charge in [0.1, 0.15) is 18.1 Å². The molecule has 0 bridgehead atoms. The first kappa shape index (κ1) is 24.5. The Morgan fingerprint density at radius 2 is 1.67 bits per heavy atom. The number of nitrogens with zero attached hydrogens (tertiary/aromatic N) is 1. The lowest BCUT2D eigenvalue weighted by molar-refractivity contribution is -0.143. The number of imidazole rings is 1. The van der Waals surface area contributed by atoms with Crippen molar-refractivity contribution in [3.63, 3.8) is 0 Å². The van der Waals surface area contributed by atoms with E-state index in [2.05, 4.69) is 25.9 Å². The molecule has 0 aliphatic carbocycles. The van der Waals surface area contributed by atoms with Crippen molar-refractivity contribution in [1.29, 1.82) is 0 Å². The highest BCUT2D eigenvalue weighted by Crippen LogP contribution is 2.04. The van der Waals surface area contributed by atoms with E-state index in [1.807, 2.05) is 0 Å². The van der Waals surface area contributed by atoms with Gasteiger partial charge in [-0.05, 0) is 6.42 Å². The van der Waals surface area contributed by atoms with Crippen molar-refractivity contribution < 1.29 is 39.3 Å². The molecule has 0 radical (unpaired) electrons. The van der Waals surface area contributed by atoms with E-state index in [1.54, 1.807) is 0 Å². The normalized spacial score (nSPS) is 13.5. The molecule has 0 spiro atoms. The number of hydrogen-bond acceptors (Lipinski definition) is 8. The van der Waals surface area contributed by atoms with Crippen LogP contribution in [0.25, 0.3) is 0 Å². The lowest BCUT2D eigenvalue weighted by atomic mass is 10.1. The van der Waals surface area contributed by atoms with Gasteiger partial charge in [-0.15, -0.1) is 0 Å². The number of hydrogen-bond donors (Lipinski definition) is 8. The minimum Gasteiger partial charge on any atom is -0.481 e. The first-order valence-electron chi connectivity index (χ1n) is 8.80. The number of aromatic nitrogens is 2. The van der Waals surface area contributed by atoms with Gasteiger partial charge in [0.25, 0.3) is 0 Å². The van der Waals surface area contributed by atoms with Gasteiger partial charge in [0.2, 0.25) is 17.7 Å². The molecule has 166 valence electrons. The fraction of sp³-hybridized carbons (Fsp3) is 0.500. The number of nitrogens with one attached hydrogen (secondary N) is 4. The molecule has 1 rings (SSSR count). The summed E-state index contributed by atoms with van der Waals surface area (Å²) in [5.74, 6) is -5.17. The Morgan fingerprint density at radius 3 is 2.17 bits per heavy atom. The van der Waals surface area contributed by atoms with Crippen molar-refractivity contribution in [3.05, 3.63) is 18.2 Å². The average Bonchev–Trinajstić information content (AvgIpc) is 3.20. The van der Waals surface area contributed by atoms with Crippen LogP contribution in [0, 0.1) is 0 Å². The maximum Gasteiger partial charge on any atom is 0.328 e. The van der Waals surface area contributed by atoms with Crippen molar-refractivity contribution in [2.45, 2.75) is 37.4 Å². The molecule has 0 aliphatic heterocycles. The van der Waals surface area contributed by atoms with E-state index >= 15 is 0 Å². The van der Waals surface area contributed by atoms with Gasteiger partial charge in [0.05, 0.1) is 19.5 Å². The topological polar surface area (TPSA) is 237 Å². The Bertz CT molecular complexity index is 753. The molecule has 3 atom stereocenters. The summed E-state index contributed by atoms with van der Waals surface area (Å²) in [6.45, 7) is -1.31. The van der Waals surface area contributed by atoms with Crippen molar-refractivity contribution in [2.24, 2.45) is 5.73 Å². The monoisotopic (exact) mass is 428 g/mol. The Kier molecular flexibility index (Phi) is 9.91. The lowest BCUT2D eigenvalue weighted by Gasteiger charge is -2.23. The quantitative estimate of drug-likeness (QED) is 0.153. The minimum atomic E-state index is -1.60. The van der Waals surface area contributed by atoms with Crippen LogP contribution in [0.1, 0.15) is 18.5 Å². The van der Waals surface area contributed by atoms with E-state index in [0.717, 1.165) is 0 Å². The second-order valence-electron chi connectivity index (χ2n) is 6.18. The molecule has 14 nitrogen and oxygen atoms in total. The van der Waals surface area contributed by atoms with E-state index in [-0.39, 0.29) is 12.8 Å². The summed E-state index contributed by atoms with van der Waals surface area (Å²) in [6, 6.07) is -4.20. The molecular formula is C16H24N6O8. The van der Waals surface area contributed by atoms with E-state index in [1.165, 1.54) is 12.5 Å². The van der Waals surface area contributed by atoms with Crippen LogP contribution in [0.15, 0.2) is 12.5 Å². The van der Waals surface area contributed by atoms with Gasteiger partial charge in [-0.1, -0.05) is 0 Å². The van der Waals surface area contributed by atoms with Crippen LogP contribution in [-0.4, -0.2) is 86.2 Å². The van der Waals surface area contributed by atoms with Gasteiger partial charge in [0, 0.05) is 24.7 Å². The molecule has 9 N–H and O–H groups in total. The van der Waals surface area contributed by atoms with E-state index in [9.17, 15) is 24.0 Å². The van der Waals surface area contributed by atoms with Gasteiger partial charge >= 0.3 is 11.9 Å². The van der Waals surface area contributed by atoms with Crippen LogP contribution in [0.5, 0.6) is 0 Å². The summed E-state index contributed by atoms with van der Waals surface area (Å²) >= 11 is 0. The number of carboxylic acids is 2. The molecule has 1 aromatic heterocycles. The summed E-state index contributed by atoms with van der Waals surface area (Å²) in [5, 5.41) is 33.6. The van der Waals surface area contributed by atoms with Crippen LogP contribution in [0.3, 0.4) is 0 Å². The van der Waals surface area contributed by atoms with Gasteiger partial charge in [-0.3, -0.25) is 19.2 Å². The molecule has 0 aliphatic rings. The predicted molar refractivity (Wildman–Crippen MR) is 98.7 cm³/mol. The number of H-pyrrole nitrogens is 1. The SMILES string of the molecule is NCC(=O)NC(CCC(=O)O)C(=O)NC(Cc1cnc[nH]1)C(=O)NC(CO)C(=O)O. The zero-order valence-corrected chi connectivity index (χ0v) is 15.8. The number of carbonyl (C=O) groups excluding carboxylic acids is 3. The van der Waals surface area contributed by atoms with Gasteiger partial charge in [0.15, 0.2) is 0 Å². The third-order valence-corrected chi connectivity index (χ3v) is 3.89. The van der Waals surface area contributed by atoms with Gasteiger partial charge in [-0.2, -0.15) is 0 Å². The van der Waals surface area contributed by atoms with Crippen LogP contribution < -0.4 is 21.7 Å².